The molecule has 4 rings (SSSR count). The fourth-order valence-electron chi connectivity index (χ4n) is 3.39. The van der Waals surface area contributed by atoms with E-state index in [0.29, 0.717) is 22.2 Å². The number of pyridine rings is 1. The summed E-state index contributed by atoms with van der Waals surface area (Å²) in [6, 6.07) is 10.2. The number of anilines is 1. The molecule has 6 nitrogen and oxygen atoms in total. The van der Waals surface area contributed by atoms with Crippen LogP contribution < -0.4 is 11.1 Å². The maximum absolute atomic E-state index is 12.9. The number of thiazole rings is 1. The third-order valence-electron chi connectivity index (χ3n) is 5.07. The normalized spacial score (nSPS) is 13.5. The molecule has 0 aliphatic rings. The van der Waals surface area contributed by atoms with Crippen molar-refractivity contribution in [3.63, 3.8) is 0 Å². The van der Waals surface area contributed by atoms with Crippen LogP contribution in [0.15, 0.2) is 46.1 Å². The number of nitrogens with zero attached hydrogens (tertiary/aromatic N) is 2. The Kier molecular flexibility index (Phi) is 7.44. The molecule has 4 N–H and O–H groups in total. The lowest BCUT2D eigenvalue weighted by Crippen LogP contribution is -2.24. The van der Waals surface area contributed by atoms with E-state index in [1.165, 1.54) is 22.7 Å². The third kappa shape index (κ3) is 4.98. The van der Waals surface area contributed by atoms with E-state index in [2.05, 4.69) is 17.2 Å². The van der Waals surface area contributed by atoms with Crippen LogP contribution in [0.5, 0.6) is 0 Å². The molecule has 32 heavy (non-hydrogen) atoms. The second-order valence-corrected chi connectivity index (χ2v) is 11.2. The molecule has 0 aliphatic heterocycles. The number of nitrogens with two attached hydrogens (primary N) is 1. The molecule has 2 atom stereocenters. The van der Waals surface area contributed by atoms with Crippen LogP contribution in [0.1, 0.15) is 32.3 Å². The molecule has 0 fully saturated rings. The molecular weight excluding hydrogens is 460 g/mol. The molecule has 3 heterocycles. The number of nitrogen functional groups attached to an aromatic ring is 1. The van der Waals surface area contributed by atoms with E-state index in [4.69, 9.17) is 10.7 Å². The highest BCUT2D eigenvalue weighted by atomic mass is 32.2. The van der Waals surface area contributed by atoms with Gasteiger partial charge in [-0.15, -0.1) is 11.3 Å². The number of aliphatic hydroxyl groups excluding tert-OH is 1. The quantitative estimate of drug-likeness (QED) is 0.227. The Labute approximate surface area is 198 Å². The molecule has 4 aromatic rings. The zero-order valence-electron chi connectivity index (χ0n) is 18.0. The number of benzene rings is 1. The molecule has 3 aromatic heterocycles. The second-order valence-electron chi connectivity index (χ2n) is 7.53. The fraction of sp³-hybridized carbons (Fsp3) is 0.304. The van der Waals surface area contributed by atoms with Gasteiger partial charge in [-0.3, -0.25) is 5.32 Å². The van der Waals surface area contributed by atoms with Crippen molar-refractivity contribution in [1.29, 1.82) is 0 Å². The van der Waals surface area contributed by atoms with Crippen molar-refractivity contribution in [3.8, 4) is 21.8 Å². The minimum absolute atomic E-state index is 0.562. The lowest BCUT2D eigenvalue weighted by molar-refractivity contribution is 0.155. The first kappa shape index (κ1) is 23.2. The molecule has 0 bridgehead atoms. The van der Waals surface area contributed by atoms with Crippen LogP contribution in [0.3, 0.4) is 0 Å². The molecule has 0 aliphatic carbocycles. The van der Waals surface area contributed by atoms with Gasteiger partial charge in [-0.2, -0.15) is 0 Å². The monoisotopic (exact) mass is 486 g/mol. The van der Waals surface area contributed by atoms with Crippen molar-refractivity contribution in [2.75, 3.05) is 11.5 Å². The molecule has 9 heteroatoms. The number of unbranched alkanes of at least 4 members (excludes halogenated alkanes) is 1. The van der Waals surface area contributed by atoms with Crippen LogP contribution in [-0.2, 0) is 17.7 Å². The third-order valence-corrected chi connectivity index (χ3v) is 8.86. The van der Waals surface area contributed by atoms with Crippen LogP contribution in [0.25, 0.3) is 32.0 Å². The number of nitrogens with one attached hydrogen (secondary N) is 1. The first-order valence-corrected chi connectivity index (χ1v) is 13.5. The number of thiophene rings is 1. The van der Waals surface area contributed by atoms with Gasteiger partial charge in [-0.25, -0.2) is 9.97 Å². The Bertz CT molecular complexity index is 1170. The summed E-state index contributed by atoms with van der Waals surface area (Å²) in [5.74, 6) is 0.604. The molecule has 0 amide bonds. The molecule has 2 unspecified atom stereocenters. The average molecular weight is 487 g/mol. The Morgan fingerprint density at radius 3 is 2.72 bits per heavy atom. The number of hydrogen-bond acceptors (Lipinski definition) is 8. The van der Waals surface area contributed by atoms with Crippen LogP contribution in [0.4, 0.5) is 5.69 Å². The van der Waals surface area contributed by atoms with Gasteiger partial charge in [0.15, 0.2) is 0 Å². The first-order chi connectivity index (χ1) is 15.5. The second kappa shape index (κ2) is 10.3. The summed E-state index contributed by atoms with van der Waals surface area (Å²) in [6.07, 6.45) is 3.09. The molecular formula is C23H26N4O2S3. The lowest BCUT2D eigenvalue weighted by Gasteiger charge is -2.10. The number of aromatic nitrogens is 2. The van der Waals surface area contributed by atoms with Gasteiger partial charge in [0.1, 0.15) is 33.2 Å². The Hall–Kier alpha value is -2.01. The number of fused-ring (bicyclic) bond motifs is 1. The summed E-state index contributed by atoms with van der Waals surface area (Å²) in [5.41, 5.74) is 10.9. The van der Waals surface area contributed by atoms with Gasteiger partial charge in [-0.1, -0.05) is 48.9 Å². The predicted octanol–water partition coefficient (Wildman–Crippen LogP) is 5.00. The predicted molar refractivity (Wildman–Crippen MR) is 135 cm³/mol. The van der Waals surface area contributed by atoms with Gasteiger partial charge in [0.05, 0.1) is 0 Å². The van der Waals surface area contributed by atoms with Crippen molar-refractivity contribution >= 4 is 49.8 Å². The van der Waals surface area contributed by atoms with Crippen molar-refractivity contribution in [3.05, 3.63) is 47.5 Å². The summed E-state index contributed by atoms with van der Waals surface area (Å²) >= 11 is 1.82. The van der Waals surface area contributed by atoms with Gasteiger partial charge < -0.3 is 15.4 Å². The minimum atomic E-state index is -1.14. The zero-order chi connectivity index (χ0) is 22.7. The molecule has 168 valence electrons. The summed E-state index contributed by atoms with van der Waals surface area (Å²) in [4.78, 5) is 10.0. The number of rotatable bonds is 9. The fourth-order valence-corrected chi connectivity index (χ4v) is 6.79. The van der Waals surface area contributed by atoms with E-state index in [-0.39, 0.29) is 0 Å². The maximum atomic E-state index is 12.9. The maximum Gasteiger partial charge on any atom is 0.232 e. The highest BCUT2D eigenvalue weighted by Crippen LogP contribution is 2.43. The SMILES string of the molecule is CCCC[S+]([O-])c1sc2nc(-c3nccs3)cc(-c3ccc(CNC(C)O)cc3)c2c1N. The topological polar surface area (TPSA) is 107 Å². The van der Waals surface area contributed by atoms with Crippen LogP contribution >= 0.6 is 22.7 Å². The summed E-state index contributed by atoms with van der Waals surface area (Å²) in [5, 5.41) is 16.1. The van der Waals surface area contributed by atoms with E-state index in [0.717, 1.165) is 50.5 Å². The Balaban J connectivity index is 1.81. The summed E-state index contributed by atoms with van der Waals surface area (Å²) in [7, 11) is 0. The highest BCUT2D eigenvalue weighted by Gasteiger charge is 2.25. The van der Waals surface area contributed by atoms with Crippen LogP contribution in [-0.4, -0.2) is 31.6 Å². The highest BCUT2D eigenvalue weighted by molar-refractivity contribution is 7.93. The first-order valence-electron chi connectivity index (χ1n) is 10.5. The molecule has 0 saturated heterocycles. The summed E-state index contributed by atoms with van der Waals surface area (Å²) < 4.78 is 13.6. The number of aliphatic hydroxyl groups is 1. The molecule has 0 radical (unpaired) electrons. The van der Waals surface area contributed by atoms with Crippen molar-refractivity contribution < 1.29 is 9.66 Å². The van der Waals surface area contributed by atoms with Crippen molar-refractivity contribution in [1.82, 2.24) is 15.3 Å². The molecule has 1 aromatic carbocycles. The smallest absolute Gasteiger partial charge is 0.232 e. The van der Waals surface area contributed by atoms with Gasteiger partial charge in [0, 0.05) is 23.5 Å². The Morgan fingerprint density at radius 2 is 2.06 bits per heavy atom. The van der Waals surface area contributed by atoms with E-state index in [9.17, 15) is 9.66 Å². The molecule has 0 saturated carbocycles. The minimum Gasteiger partial charge on any atom is -0.611 e. The zero-order valence-corrected chi connectivity index (χ0v) is 20.4. The summed E-state index contributed by atoms with van der Waals surface area (Å²) in [6.45, 7) is 4.37. The van der Waals surface area contributed by atoms with Crippen LogP contribution in [0.2, 0.25) is 0 Å². The lowest BCUT2D eigenvalue weighted by atomic mass is 10.0. The average Bonchev–Trinajstić information content (AvgIpc) is 3.44. The van der Waals surface area contributed by atoms with Crippen LogP contribution in [0, 0.1) is 0 Å². The Morgan fingerprint density at radius 1 is 1.28 bits per heavy atom. The largest absolute Gasteiger partial charge is 0.611 e. The van der Waals surface area contributed by atoms with E-state index < -0.39 is 17.4 Å². The van der Waals surface area contributed by atoms with E-state index >= 15 is 0 Å². The molecule has 0 spiro atoms. The van der Waals surface area contributed by atoms with E-state index in [1.807, 2.05) is 35.7 Å². The van der Waals surface area contributed by atoms with Gasteiger partial charge in [-0.05, 0) is 47.3 Å². The van der Waals surface area contributed by atoms with Gasteiger partial charge in [0.25, 0.3) is 0 Å². The van der Waals surface area contributed by atoms with Crippen molar-refractivity contribution in [2.24, 2.45) is 0 Å². The van der Waals surface area contributed by atoms with E-state index in [1.54, 1.807) is 13.1 Å². The number of hydrogen-bond donors (Lipinski definition) is 3. The van der Waals surface area contributed by atoms with Gasteiger partial charge in [0.2, 0.25) is 4.21 Å². The standard InChI is InChI=1S/C23H26N4O2S3/c1-3-4-11-32(29)23-20(24)19-17(16-7-5-15(6-8-16)13-26-14(2)28)12-18(27-22(19)31-23)21-25-9-10-30-21/h5-10,12,14,26,28H,3-4,11,13,24H2,1-2H3. The van der Waals surface area contributed by atoms with Crippen molar-refractivity contribution in [2.45, 2.75) is 43.7 Å². The van der Waals surface area contributed by atoms with Gasteiger partial charge >= 0.3 is 0 Å².